The largest absolute Gasteiger partial charge is 0.293 e. The van der Waals surface area contributed by atoms with E-state index >= 15 is 0 Å². The van der Waals surface area contributed by atoms with Gasteiger partial charge in [-0.3, -0.25) is 4.79 Å². The van der Waals surface area contributed by atoms with E-state index in [1.807, 2.05) is 58.1 Å². The van der Waals surface area contributed by atoms with Crippen molar-refractivity contribution in [2.75, 3.05) is 0 Å². The first-order chi connectivity index (χ1) is 9.27. The Labute approximate surface area is 117 Å². The second-order valence-electron chi connectivity index (χ2n) is 4.28. The molecule has 0 N–H and O–H groups in total. The Morgan fingerprint density at radius 3 is 2.11 bits per heavy atom. The molecule has 1 aromatic rings. The monoisotopic (exact) mass is 256 g/mol. The van der Waals surface area contributed by atoms with Crippen molar-refractivity contribution in [3.05, 3.63) is 59.2 Å². The number of carbonyl (C=O) groups is 1. The molecule has 0 saturated carbocycles. The van der Waals surface area contributed by atoms with Crippen molar-refractivity contribution < 1.29 is 4.79 Å². The molecule has 0 radical (unpaired) electrons. The number of carbonyl (C=O) groups excluding carboxylic acids is 1. The summed E-state index contributed by atoms with van der Waals surface area (Å²) in [6.07, 6.45) is 8.15. The molecule has 0 amide bonds. The molecular weight excluding hydrogens is 232 g/mol. The van der Waals surface area contributed by atoms with E-state index in [0.717, 1.165) is 5.56 Å². The minimum absolute atomic E-state index is 0.0480. The predicted molar refractivity (Wildman–Crippen MR) is 82.7 cm³/mol. The number of hydrogen-bond donors (Lipinski definition) is 0. The predicted octanol–water partition coefficient (Wildman–Crippen LogP) is 5.07. The van der Waals surface area contributed by atoms with Gasteiger partial charge in [0.05, 0.1) is 5.92 Å². The highest BCUT2D eigenvalue weighted by Crippen LogP contribution is 2.41. The first-order valence-electron chi connectivity index (χ1n) is 7.27. The number of hydrogen-bond acceptors (Lipinski definition) is 1. The van der Waals surface area contributed by atoms with E-state index in [1.54, 1.807) is 0 Å². The van der Waals surface area contributed by atoms with Gasteiger partial charge < -0.3 is 0 Å². The maximum atomic E-state index is 12.1. The van der Waals surface area contributed by atoms with Crippen molar-refractivity contribution in [2.24, 2.45) is 5.92 Å². The maximum Gasteiger partial charge on any atom is 0.170 e. The average Bonchev–Trinajstić information content (AvgIpc) is 2.77. The number of benzene rings is 1. The van der Waals surface area contributed by atoms with Crippen molar-refractivity contribution in [3.63, 3.8) is 0 Å². The van der Waals surface area contributed by atoms with Crippen molar-refractivity contribution >= 4 is 5.78 Å². The summed E-state index contributed by atoms with van der Waals surface area (Å²) in [6.45, 7) is 10.1. The van der Waals surface area contributed by atoms with Gasteiger partial charge in [0.25, 0.3) is 0 Å². The van der Waals surface area contributed by atoms with E-state index in [4.69, 9.17) is 0 Å². The highest BCUT2D eigenvalue weighted by molar-refractivity contribution is 6.04. The number of aryl methyl sites for hydroxylation is 1. The number of ketones is 1. The summed E-state index contributed by atoms with van der Waals surface area (Å²) in [5, 5.41) is 0. The van der Waals surface area contributed by atoms with Crippen LogP contribution in [0.3, 0.4) is 0 Å². The minimum Gasteiger partial charge on any atom is -0.293 e. The molecule has 0 aliphatic heterocycles. The first kappa shape index (κ1) is 15.4. The number of rotatable bonds is 0. The van der Waals surface area contributed by atoms with E-state index in [2.05, 4.69) is 19.1 Å². The van der Waals surface area contributed by atoms with Crippen LogP contribution in [0.15, 0.2) is 42.5 Å². The zero-order chi connectivity index (χ0) is 14.4. The van der Waals surface area contributed by atoms with Crippen molar-refractivity contribution in [2.45, 2.75) is 40.5 Å². The quantitative estimate of drug-likeness (QED) is 0.633. The molecule has 0 aromatic heterocycles. The molecule has 102 valence electrons. The SMILES string of the molecule is CC.CC.Cc1ccc2c(c1)C1C=CC=CC1C2=O. The van der Waals surface area contributed by atoms with Crippen LogP contribution >= 0.6 is 0 Å². The van der Waals surface area contributed by atoms with E-state index in [1.165, 1.54) is 11.1 Å². The Kier molecular flexibility index (Phi) is 5.75. The summed E-state index contributed by atoms with van der Waals surface area (Å²) in [5.41, 5.74) is 3.34. The third-order valence-corrected chi connectivity index (χ3v) is 3.27. The van der Waals surface area contributed by atoms with Crippen molar-refractivity contribution in [1.82, 2.24) is 0 Å². The van der Waals surface area contributed by atoms with E-state index in [9.17, 15) is 4.79 Å². The third-order valence-electron chi connectivity index (χ3n) is 3.27. The van der Waals surface area contributed by atoms with Crippen LogP contribution in [0.25, 0.3) is 0 Å². The van der Waals surface area contributed by atoms with Crippen LogP contribution in [0.5, 0.6) is 0 Å². The fraction of sp³-hybridized carbons (Fsp3) is 0.389. The van der Waals surface area contributed by atoms with Crippen LogP contribution in [0.2, 0.25) is 0 Å². The summed E-state index contributed by atoms with van der Waals surface area (Å²) in [5.74, 6) is 0.597. The Bertz CT molecular complexity index is 494. The van der Waals surface area contributed by atoms with E-state index in [-0.39, 0.29) is 17.6 Å². The Morgan fingerprint density at radius 1 is 0.895 bits per heavy atom. The highest BCUT2D eigenvalue weighted by Gasteiger charge is 2.37. The molecule has 3 rings (SSSR count). The fourth-order valence-electron chi connectivity index (χ4n) is 2.52. The summed E-state index contributed by atoms with van der Waals surface area (Å²) in [6, 6.07) is 6.12. The topological polar surface area (TPSA) is 17.1 Å². The van der Waals surface area contributed by atoms with Crippen molar-refractivity contribution in [3.8, 4) is 0 Å². The molecule has 0 heterocycles. The third kappa shape index (κ3) is 2.86. The molecule has 2 unspecified atom stereocenters. The van der Waals surface area contributed by atoms with Crippen LogP contribution in [0, 0.1) is 12.8 Å². The van der Waals surface area contributed by atoms with Gasteiger partial charge >= 0.3 is 0 Å². The van der Waals surface area contributed by atoms with Crippen LogP contribution < -0.4 is 0 Å². The van der Waals surface area contributed by atoms with Gasteiger partial charge in [-0.05, 0) is 12.5 Å². The lowest BCUT2D eigenvalue weighted by Gasteiger charge is -2.14. The normalized spacial score (nSPS) is 21.6. The summed E-state index contributed by atoms with van der Waals surface area (Å²) < 4.78 is 0. The van der Waals surface area contributed by atoms with Gasteiger partial charge in [0.15, 0.2) is 5.78 Å². The summed E-state index contributed by atoms with van der Waals surface area (Å²) in [7, 11) is 0. The van der Waals surface area contributed by atoms with Gasteiger partial charge in [-0.15, -0.1) is 0 Å². The lowest BCUT2D eigenvalue weighted by atomic mass is 9.88. The Balaban J connectivity index is 0.000000415. The van der Waals surface area contributed by atoms with Crippen LogP contribution in [0.4, 0.5) is 0 Å². The van der Waals surface area contributed by atoms with Crippen LogP contribution in [-0.2, 0) is 0 Å². The molecule has 2 aliphatic carbocycles. The van der Waals surface area contributed by atoms with Gasteiger partial charge in [-0.25, -0.2) is 0 Å². The lowest BCUT2D eigenvalue weighted by molar-refractivity contribution is 0.0955. The highest BCUT2D eigenvalue weighted by atomic mass is 16.1. The lowest BCUT2D eigenvalue weighted by Crippen LogP contribution is -2.10. The second-order valence-corrected chi connectivity index (χ2v) is 4.28. The van der Waals surface area contributed by atoms with Gasteiger partial charge in [-0.2, -0.15) is 0 Å². The molecule has 19 heavy (non-hydrogen) atoms. The molecule has 0 fully saturated rings. The molecule has 0 bridgehead atoms. The number of Topliss-reactive ketones (excluding diaryl/α,β-unsaturated/α-hetero) is 1. The minimum atomic E-state index is 0.0480. The Morgan fingerprint density at radius 2 is 1.47 bits per heavy atom. The van der Waals surface area contributed by atoms with Crippen LogP contribution in [-0.4, -0.2) is 5.78 Å². The van der Waals surface area contributed by atoms with E-state index < -0.39 is 0 Å². The summed E-state index contributed by atoms with van der Waals surface area (Å²) in [4.78, 5) is 12.1. The smallest absolute Gasteiger partial charge is 0.170 e. The molecule has 0 spiro atoms. The standard InChI is InChI=1S/C14H12O.2C2H6/c1-9-6-7-12-13(8-9)10-4-2-3-5-11(10)14(12)15;2*1-2/h2-8,10-11H,1H3;2*1-2H3. The molecular formula is C18H24O. The van der Waals surface area contributed by atoms with E-state index in [0.29, 0.717) is 0 Å². The van der Waals surface area contributed by atoms with Gasteiger partial charge in [0.2, 0.25) is 0 Å². The molecule has 0 saturated heterocycles. The maximum absolute atomic E-state index is 12.1. The first-order valence-corrected chi connectivity index (χ1v) is 7.27. The average molecular weight is 256 g/mol. The zero-order valence-corrected chi connectivity index (χ0v) is 12.6. The molecule has 2 atom stereocenters. The zero-order valence-electron chi connectivity index (χ0n) is 12.6. The summed E-state index contributed by atoms with van der Waals surface area (Å²) >= 11 is 0. The molecule has 1 aromatic carbocycles. The molecule has 1 heteroatoms. The fourth-order valence-corrected chi connectivity index (χ4v) is 2.52. The van der Waals surface area contributed by atoms with Crippen molar-refractivity contribution in [1.29, 1.82) is 0 Å². The van der Waals surface area contributed by atoms with Gasteiger partial charge in [-0.1, -0.05) is 75.8 Å². The number of allylic oxidation sites excluding steroid dienone is 4. The molecule has 1 nitrogen and oxygen atoms in total. The van der Waals surface area contributed by atoms with Crippen LogP contribution in [0.1, 0.15) is 55.1 Å². The second kappa shape index (κ2) is 7.08. The number of fused-ring (bicyclic) bond motifs is 3. The Hall–Kier alpha value is -1.63. The molecule has 2 aliphatic rings. The van der Waals surface area contributed by atoms with Gasteiger partial charge in [0, 0.05) is 11.5 Å². The van der Waals surface area contributed by atoms with Gasteiger partial charge in [0.1, 0.15) is 0 Å².